The van der Waals surface area contributed by atoms with Gasteiger partial charge in [0.25, 0.3) is 0 Å². The van der Waals surface area contributed by atoms with Gasteiger partial charge in [-0.05, 0) is 84.8 Å². The van der Waals surface area contributed by atoms with Crippen LogP contribution in [0.5, 0.6) is 0 Å². The lowest BCUT2D eigenvalue weighted by Crippen LogP contribution is -1.92. The van der Waals surface area contributed by atoms with E-state index in [-0.39, 0.29) is 0 Å². The molecule has 2 nitrogen and oxygen atoms in total. The molecule has 0 aliphatic carbocycles. The first-order valence-electron chi connectivity index (χ1n) is 17.8. The number of hydrogen-bond donors (Lipinski definition) is 0. The highest BCUT2D eigenvalue weighted by molar-refractivity contribution is 6.26. The molecule has 0 aliphatic heterocycles. The standard InChI is InChI=1S/C50H30O2/c1-2-13-33(14-3-1)46-36-15-4-6-17-38(36)47(39-18-7-5-16-37(39)46)42-30-29-35(50-49(42)41-20-9-11-23-44(41)52-50)32-27-25-31(26-28-32)34-21-12-24-45-48(34)40-19-8-10-22-43(40)51-45/h1-30H. The highest BCUT2D eigenvalue weighted by Gasteiger charge is 2.22. The van der Waals surface area contributed by atoms with Gasteiger partial charge in [-0.25, -0.2) is 0 Å². The first-order chi connectivity index (χ1) is 25.8. The predicted molar refractivity (Wildman–Crippen MR) is 218 cm³/mol. The van der Waals surface area contributed by atoms with E-state index in [1.54, 1.807) is 0 Å². The van der Waals surface area contributed by atoms with Crippen LogP contribution in [0.25, 0.3) is 110 Å². The van der Waals surface area contributed by atoms with Crippen molar-refractivity contribution < 1.29 is 8.83 Å². The van der Waals surface area contributed by atoms with Crippen LogP contribution in [-0.2, 0) is 0 Å². The van der Waals surface area contributed by atoms with Crippen LogP contribution < -0.4 is 0 Å². The van der Waals surface area contributed by atoms with Crippen molar-refractivity contribution in [3.63, 3.8) is 0 Å². The van der Waals surface area contributed by atoms with Crippen molar-refractivity contribution in [1.29, 1.82) is 0 Å². The van der Waals surface area contributed by atoms with E-state index < -0.39 is 0 Å². The summed E-state index contributed by atoms with van der Waals surface area (Å²) in [6.45, 7) is 0. The molecule has 0 saturated heterocycles. The molecular formula is C50H30O2. The second-order valence-corrected chi connectivity index (χ2v) is 13.5. The van der Waals surface area contributed by atoms with E-state index in [0.717, 1.165) is 66.1 Å². The average molecular weight is 663 g/mol. The van der Waals surface area contributed by atoms with Gasteiger partial charge in [-0.15, -0.1) is 0 Å². The Balaban J connectivity index is 1.14. The largest absolute Gasteiger partial charge is 0.456 e. The minimum atomic E-state index is 0.885. The van der Waals surface area contributed by atoms with Crippen LogP contribution in [-0.4, -0.2) is 0 Å². The normalized spacial score (nSPS) is 11.8. The van der Waals surface area contributed by atoms with E-state index in [1.807, 2.05) is 12.1 Å². The third-order valence-corrected chi connectivity index (χ3v) is 10.7. The van der Waals surface area contributed by atoms with Gasteiger partial charge in [-0.3, -0.25) is 0 Å². The summed E-state index contributed by atoms with van der Waals surface area (Å²) in [6.07, 6.45) is 0. The summed E-state index contributed by atoms with van der Waals surface area (Å²) in [6, 6.07) is 64.9. The number of hydrogen-bond acceptors (Lipinski definition) is 2. The molecule has 11 rings (SSSR count). The molecule has 0 N–H and O–H groups in total. The van der Waals surface area contributed by atoms with Gasteiger partial charge in [0.05, 0.1) is 0 Å². The summed E-state index contributed by atoms with van der Waals surface area (Å²) in [5.41, 5.74) is 13.0. The molecule has 0 bridgehead atoms. The van der Waals surface area contributed by atoms with Crippen LogP contribution in [0.4, 0.5) is 0 Å². The maximum Gasteiger partial charge on any atom is 0.143 e. The van der Waals surface area contributed by atoms with Crippen LogP contribution in [0.3, 0.4) is 0 Å². The number of rotatable bonds is 4. The number of furan rings is 2. The Morgan fingerprint density at radius 2 is 0.731 bits per heavy atom. The molecule has 0 unspecified atom stereocenters. The molecule has 242 valence electrons. The third-order valence-electron chi connectivity index (χ3n) is 10.7. The Morgan fingerprint density at radius 3 is 1.38 bits per heavy atom. The van der Waals surface area contributed by atoms with Crippen LogP contribution in [0.15, 0.2) is 191 Å². The van der Waals surface area contributed by atoms with Crippen molar-refractivity contribution in [3.8, 4) is 44.5 Å². The fraction of sp³-hybridized carbons (Fsp3) is 0. The topological polar surface area (TPSA) is 26.3 Å². The van der Waals surface area contributed by atoms with Gasteiger partial charge in [0, 0.05) is 27.1 Å². The monoisotopic (exact) mass is 662 g/mol. The van der Waals surface area contributed by atoms with Gasteiger partial charge >= 0.3 is 0 Å². The Labute approximate surface area is 299 Å². The Kier molecular flexibility index (Phi) is 6.28. The van der Waals surface area contributed by atoms with Crippen molar-refractivity contribution in [3.05, 3.63) is 182 Å². The molecule has 2 heteroatoms. The molecule has 0 radical (unpaired) electrons. The SMILES string of the molecule is c1ccc(-c2c3ccccc3c(-c3ccc(-c4ccc(-c5cccc6oc7ccccc7c56)cc4)c4oc5ccccc5c34)c3ccccc23)cc1. The second-order valence-electron chi connectivity index (χ2n) is 13.5. The average Bonchev–Trinajstić information content (AvgIpc) is 3.79. The minimum Gasteiger partial charge on any atom is -0.456 e. The summed E-state index contributed by atoms with van der Waals surface area (Å²) < 4.78 is 13.0. The molecular weight excluding hydrogens is 633 g/mol. The molecule has 0 atom stereocenters. The highest BCUT2D eigenvalue weighted by Crippen LogP contribution is 2.48. The Hall–Kier alpha value is -6.90. The Bertz CT molecular complexity index is 3100. The molecule has 11 aromatic rings. The van der Waals surface area contributed by atoms with E-state index in [2.05, 4.69) is 170 Å². The summed E-state index contributed by atoms with van der Waals surface area (Å²) in [5.74, 6) is 0. The fourth-order valence-corrected chi connectivity index (χ4v) is 8.44. The zero-order valence-electron chi connectivity index (χ0n) is 28.1. The molecule has 0 fully saturated rings. The predicted octanol–water partition coefficient (Wildman–Crippen LogP) is 14.5. The molecule has 0 saturated carbocycles. The van der Waals surface area contributed by atoms with Gasteiger partial charge < -0.3 is 8.83 Å². The van der Waals surface area contributed by atoms with Crippen molar-refractivity contribution in [1.82, 2.24) is 0 Å². The first-order valence-corrected chi connectivity index (χ1v) is 17.8. The van der Waals surface area contributed by atoms with Gasteiger partial charge in [-0.2, -0.15) is 0 Å². The highest BCUT2D eigenvalue weighted by atomic mass is 16.3. The molecule has 0 amide bonds. The van der Waals surface area contributed by atoms with E-state index in [0.29, 0.717) is 0 Å². The van der Waals surface area contributed by atoms with Crippen molar-refractivity contribution in [2.24, 2.45) is 0 Å². The van der Waals surface area contributed by atoms with Crippen LogP contribution >= 0.6 is 0 Å². The molecule has 9 aromatic carbocycles. The van der Waals surface area contributed by atoms with Crippen LogP contribution in [0.1, 0.15) is 0 Å². The van der Waals surface area contributed by atoms with Gasteiger partial charge in [0.1, 0.15) is 22.3 Å². The maximum atomic E-state index is 6.82. The second kappa shape index (κ2) is 11.3. The minimum absolute atomic E-state index is 0.885. The van der Waals surface area contributed by atoms with Gasteiger partial charge in [-0.1, -0.05) is 158 Å². The van der Waals surface area contributed by atoms with Crippen molar-refractivity contribution >= 4 is 65.4 Å². The quantitative estimate of drug-likeness (QED) is 0.175. The van der Waals surface area contributed by atoms with Crippen LogP contribution in [0, 0.1) is 0 Å². The van der Waals surface area contributed by atoms with E-state index in [4.69, 9.17) is 8.83 Å². The third kappa shape index (κ3) is 4.25. The van der Waals surface area contributed by atoms with E-state index in [1.165, 1.54) is 43.8 Å². The first kappa shape index (κ1) is 28.9. The van der Waals surface area contributed by atoms with E-state index >= 15 is 0 Å². The maximum absolute atomic E-state index is 6.82. The molecule has 0 aliphatic rings. The van der Waals surface area contributed by atoms with Gasteiger partial charge in [0.2, 0.25) is 0 Å². The molecule has 0 spiro atoms. The number of para-hydroxylation sites is 2. The summed E-state index contributed by atoms with van der Waals surface area (Å²) >= 11 is 0. The lowest BCUT2D eigenvalue weighted by atomic mass is 9.84. The zero-order valence-corrected chi connectivity index (χ0v) is 28.1. The lowest BCUT2D eigenvalue weighted by molar-refractivity contribution is 0.669. The summed E-state index contributed by atoms with van der Waals surface area (Å²) in [4.78, 5) is 0. The van der Waals surface area contributed by atoms with E-state index in [9.17, 15) is 0 Å². The summed E-state index contributed by atoms with van der Waals surface area (Å²) in [7, 11) is 0. The smallest absolute Gasteiger partial charge is 0.143 e. The van der Waals surface area contributed by atoms with Crippen molar-refractivity contribution in [2.75, 3.05) is 0 Å². The van der Waals surface area contributed by atoms with Crippen LogP contribution in [0.2, 0.25) is 0 Å². The fourth-order valence-electron chi connectivity index (χ4n) is 8.44. The molecule has 52 heavy (non-hydrogen) atoms. The lowest BCUT2D eigenvalue weighted by Gasteiger charge is -2.18. The van der Waals surface area contributed by atoms with Crippen molar-refractivity contribution in [2.45, 2.75) is 0 Å². The van der Waals surface area contributed by atoms with Gasteiger partial charge in [0.15, 0.2) is 0 Å². The molecule has 2 heterocycles. The number of fused-ring (bicyclic) bond motifs is 8. The molecule has 2 aromatic heterocycles. The zero-order chi connectivity index (χ0) is 34.2. The Morgan fingerprint density at radius 1 is 0.250 bits per heavy atom. The summed E-state index contributed by atoms with van der Waals surface area (Å²) in [5, 5.41) is 9.46. The number of benzene rings is 9.